The van der Waals surface area contributed by atoms with Crippen LogP contribution in [-0.2, 0) is 6.54 Å². The Balaban J connectivity index is 1.99. The fraction of sp³-hybridized carbons (Fsp3) is 0.385. The zero-order valence-corrected chi connectivity index (χ0v) is 11.2. The number of carbonyl (C=O) groups excluding carboxylic acids is 2. The molecule has 1 saturated heterocycles. The maximum Gasteiger partial charge on any atom is 0.319 e. The van der Waals surface area contributed by atoms with Crippen LogP contribution in [-0.4, -0.2) is 43.0 Å². The Kier molecular flexibility index (Phi) is 4.91. The highest BCUT2D eigenvalue weighted by Crippen LogP contribution is 2.18. The van der Waals surface area contributed by atoms with Crippen LogP contribution in [0.25, 0.3) is 0 Å². The Bertz CT molecular complexity index is 525. The molecule has 0 aromatic heterocycles. The molecule has 8 heteroatoms. The van der Waals surface area contributed by atoms with Crippen molar-refractivity contribution in [2.45, 2.75) is 13.0 Å². The number of rotatable bonds is 5. The van der Waals surface area contributed by atoms with E-state index in [-0.39, 0.29) is 6.03 Å². The van der Waals surface area contributed by atoms with Gasteiger partial charge in [-0.2, -0.15) is 0 Å². The van der Waals surface area contributed by atoms with Crippen molar-refractivity contribution in [3.8, 4) is 0 Å². The van der Waals surface area contributed by atoms with Gasteiger partial charge in [0.05, 0.1) is 6.54 Å². The molecule has 1 aliphatic rings. The Labute approximate surface area is 120 Å². The number of halogens is 2. The summed E-state index contributed by atoms with van der Waals surface area (Å²) < 4.78 is 24.1. The summed E-state index contributed by atoms with van der Waals surface area (Å²) in [5, 5.41) is 7.27. The number of benzene rings is 1. The number of nitrogens with one attached hydrogen (secondary N) is 3. The van der Waals surface area contributed by atoms with Gasteiger partial charge in [0.2, 0.25) is 0 Å². The smallest absolute Gasteiger partial charge is 0.319 e. The van der Waals surface area contributed by atoms with Crippen molar-refractivity contribution in [1.82, 2.24) is 15.5 Å². The lowest BCUT2D eigenvalue weighted by molar-refractivity contribution is 0.148. The second-order valence-corrected chi connectivity index (χ2v) is 4.54. The molecule has 1 heterocycles. The van der Waals surface area contributed by atoms with Gasteiger partial charge in [-0.25, -0.2) is 18.4 Å². The zero-order valence-electron chi connectivity index (χ0n) is 11.2. The van der Waals surface area contributed by atoms with Gasteiger partial charge in [0.1, 0.15) is 0 Å². The van der Waals surface area contributed by atoms with Crippen LogP contribution in [0.4, 0.5) is 24.1 Å². The fourth-order valence-electron chi connectivity index (χ4n) is 1.98. The summed E-state index contributed by atoms with van der Waals surface area (Å²) in [6.07, 6.45) is -2.60. The van der Waals surface area contributed by atoms with Crippen molar-refractivity contribution in [3.05, 3.63) is 29.8 Å². The van der Waals surface area contributed by atoms with E-state index in [1.165, 1.54) is 0 Å². The highest BCUT2D eigenvalue weighted by Gasteiger charge is 2.20. The number of anilines is 1. The highest BCUT2D eigenvalue weighted by atomic mass is 19.3. The summed E-state index contributed by atoms with van der Waals surface area (Å²) >= 11 is 0. The van der Waals surface area contributed by atoms with Crippen LogP contribution in [0.15, 0.2) is 24.3 Å². The molecule has 1 aliphatic heterocycles. The first-order valence-electron chi connectivity index (χ1n) is 6.50. The molecule has 1 fully saturated rings. The van der Waals surface area contributed by atoms with Crippen LogP contribution in [0.3, 0.4) is 0 Å². The third-order valence-corrected chi connectivity index (χ3v) is 2.99. The lowest BCUT2D eigenvalue weighted by atomic mass is 10.1. The molecule has 114 valence electrons. The fourth-order valence-corrected chi connectivity index (χ4v) is 1.98. The predicted octanol–water partition coefficient (Wildman–Crippen LogP) is 1.60. The van der Waals surface area contributed by atoms with E-state index >= 15 is 0 Å². The Morgan fingerprint density at radius 1 is 1.38 bits per heavy atom. The second kappa shape index (κ2) is 6.87. The molecule has 0 saturated carbocycles. The standard InChI is InChI=1S/C13H16F2N4O2/c14-11(15)7-17-12(20)18-10-4-2-1-3-9(10)8-19-6-5-16-13(19)21/h1-4,11H,5-8H2,(H,16,21)(H2,17,18,20). The molecule has 0 bridgehead atoms. The highest BCUT2D eigenvalue weighted by molar-refractivity contribution is 5.90. The summed E-state index contributed by atoms with van der Waals surface area (Å²) in [7, 11) is 0. The van der Waals surface area contributed by atoms with Gasteiger partial charge < -0.3 is 20.9 Å². The first-order chi connectivity index (χ1) is 10.1. The zero-order chi connectivity index (χ0) is 15.2. The quantitative estimate of drug-likeness (QED) is 0.772. The van der Waals surface area contributed by atoms with Gasteiger partial charge in [0, 0.05) is 25.3 Å². The third kappa shape index (κ3) is 4.30. The number of hydrogen-bond acceptors (Lipinski definition) is 2. The molecule has 1 aromatic carbocycles. The van der Waals surface area contributed by atoms with Crippen molar-refractivity contribution in [3.63, 3.8) is 0 Å². The van der Waals surface area contributed by atoms with Crippen LogP contribution >= 0.6 is 0 Å². The molecule has 21 heavy (non-hydrogen) atoms. The molecular weight excluding hydrogens is 282 g/mol. The van der Waals surface area contributed by atoms with Crippen molar-refractivity contribution >= 4 is 17.7 Å². The van der Waals surface area contributed by atoms with Crippen molar-refractivity contribution in [1.29, 1.82) is 0 Å². The molecular formula is C13H16F2N4O2. The summed E-state index contributed by atoms with van der Waals surface area (Å²) in [6.45, 7) is 0.813. The molecule has 0 aliphatic carbocycles. The number of carbonyl (C=O) groups is 2. The average molecular weight is 298 g/mol. The summed E-state index contributed by atoms with van der Waals surface area (Å²) in [5.41, 5.74) is 1.23. The molecule has 3 N–H and O–H groups in total. The van der Waals surface area contributed by atoms with E-state index in [4.69, 9.17) is 0 Å². The van der Waals surface area contributed by atoms with Gasteiger partial charge in [0.15, 0.2) is 0 Å². The minimum Gasteiger partial charge on any atom is -0.336 e. The van der Waals surface area contributed by atoms with Crippen LogP contribution in [0.5, 0.6) is 0 Å². The van der Waals surface area contributed by atoms with Gasteiger partial charge >= 0.3 is 12.1 Å². The molecule has 1 aromatic rings. The first-order valence-corrected chi connectivity index (χ1v) is 6.50. The van der Waals surface area contributed by atoms with E-state index in [1.54, 1.807) is 29.2 Å². The van der Waals surface area contributed by atoms with E-state index in [1.807, 2.05) is 0 Å². The number of nitrogens with zero attached hydrogens (tertiary/aromatic N) is 1. The predicted molar refractivity (Wildman–Crippen MR) is 73.3 cm³/mol. The number of amides is 4. The van der Waals surface area contributed by atoms with E-state index in [9.17, 15) is 18.4 Å². The van der Waals surface area contributed by atoms with Gasteiger partial charge in [-0.05, 0) is 11.6 Å². The topological polar surface area (TPSA) is 73.5 Å². The summed E-state index contributed by atoms with van der Waals surface area (Å²) in [6, 6.07) is 6.07. The molecule has 2 rings (SSSR count). The molecule has 0 radical (unpaired) electrons. The number of urea groups is 2. The average Bonchev–Trinajstić information content (AvgIpc) is 2.84. The van der Waals surface area contributed by atoms with Gasteiger partial charge in [-0.3, -0.25) is 0 Å². The Morgan fingerprint density at radius 3 is 2.81 bits per heavy atom. The van der Waals surface area contributed by atoms with E-state index in [2.05, 4.69) is 16.0 Å². The van der Waals surface area contributed by atoms with Gasteiger partial charge in [-0.15, -0.1) is 0 Å². The second-order valence-electron chi connectivity index (χ2n) is 4.54. The van der Waals surface area contributed by atoms with Crippen LogP contribution in [0, 0.1) is 0 Å². The Morgan fingerprint density at radius 2 is 2.14 bits per heavy atom. The van der Waals surface area contributed by atoms with E-state index < -0.39 is 19.0 Å². The SMILES string of the molecule is O=C(NCC(F)F)Nc1ccccc1CN1CCNC1=O. The number of alkyl halides is 2. The Hall–Kier alpha value is -2.38. The number of para-hydroxylation sites is 1. The minimum atomic E-state index is -2.60. The van der Waals surface area contributed by atoms with E-state index in [0.29, 0.717) is 25.3 Å². The van der Waals surface area contributed by atoms with Gasteiger partial charge in [-0.1, -0.05) is 18.2 Å². The van der Waals surface area contributed by atoms with Crippen molar-refractivity contribution in [2.75, 3.05) is 25.0 Å². The normalized spacial score (nSPS) is 14.2. The molecule has 0 spiro atoms. The lowest BCUT2D eigenvalue weighted by Crippen LogP contribution is -2.33. The first kappa shape index (κ1) is 15.0. The largest absolute Gasteiger partial charge is 0.336 e. The number of hydrogen-bond donors (Lipinski definition) is 3. The third-order valence-electron chi connectivity index (χ3n) is 2.99. The monoisotopic (exact) mass is 298 g/mol. The van der Waals surface area contributed by atoms with Crippen LogP contribution < -0.4 is 16.0 Å². The lowest BCUT2D eigenvalue weighted by Gasteiger charge is -2.17. The van der Waals surface area contributed by atoms with E-state index in [0.717, 1.165) is 5.56 Å². The molecule has 0 unspecified atom stereocenters. The maximum atomic E-state index is 12.0. The van der Waals surface area contributed by atoms with Crippen LogP contribution in [0.1, 0.15) is 5.56 Å². The van der Waals surface area contributed by atoms with Crippen molar-refractivity contribution in [2.24, 2.45) is 0 Å². The molecule has 0 atom stereocenters. The summed E-state index contributed by atoms with van der Waals surface area (Å²) in [5.74, 6) is 0. The molecule has 6 nitrogen and oxygen atoms in total. The summed E-state index contributed by atoms with van der Waals surface area (Å²) in [4.78, 5) is 24.7. The minimum absolute atomic E-state index is 0.160. The van der Waals surface area contributed by atoms with Crippen LogP contribution in [0.2, 0.25) is 0 Å². The molecule has 4 amide bonds. The van der Waals surface area contributed by atoms with Gasteiger partial charge in [0.25, 0.3) is 6.43 Å². The van der Waals surface area contributed by atoms with Crippen molar-refractivity contribution < 1.29 is 18.4 Å². The maximum absolute atomic E-state index is 12.0.